The molecule has 0 aliphatic heterocycles. The van der Waals surface area contributed by atoms with Crippen LogP contribution in [0.15, 0.2) is 30.4 Å². The van der Waals surface area contributed by atoms with Gasteiger partial charge < -0.3 is 10.4 Å². The lowest BCUT2D eigenvalue weighted by Crippen LogP contribution is -2.10. The van der Waals surface area contributed by atoms with E-state index in [1.54, 1.807) is 25.1 Å². The van der Waals surface area contributed by atoms with Gasteiger partial charge in [0.1, 0.15) is 5.82 Å². The minimum atomic E-state index is -1.16. The van der Waals surface area contributed by atoms with Crippen molar-refractivity contribution in [1.29, 1.82) is 0 Å². The molecule has 0 aromatic carbocycles. The number of carboxylic acids is 1. The van der Waals surface area contributed by atoms with Crippen LogP contribution in [0.4, 0.5) is 5.82 Å². The van der Waals surface area contributed by atoms with Crippen LogP contribution in [0, 0.1) is 6.92 Å². The van der Waals surface area contributed by atoms with Crippen molar-refractivity contribution < 1.29 is 14.7 Å². The number of aryl methyl sites for hydroxylation is 1. The lowest BCUT2D eigenvalue weighted by Gasteiger charge is -2.00. The monoisotopic (exact) mass is 206 g/mol. The van der Waals surface area contributed by atoms with Gasteiger partial charge >= 0.3 is 5.97 Å². The van der Waals surface area contributed by atoms with Crippen molar-refractivity contribution >= 4 is 17.7 Å². The van der Waals surface area contributed by atoms with Gasteiger partial charge in [0.15, 0.2) is 0 Å². The summed E-state index contributed by atoms with van der Waals surface area (Å²) < 4.78 is 0. The Morgan fingerprint density at radius 2 is 2.13 bits per heavy atom. The minimum absolute atomic E-state index is 0.398. The van der Waals surface area contributed by atoms with Gasteiger partial charge in [0.2, 0.25) is 5.91 Å². The molecule has 1 amide bonds. The molecule has 78 valence electrons. The van der Waals surface area contributed by atoms with E-state index in [1.165, 1.54) is 0 Å². The van der Waals surface area contributed by atoms with Crippen molar-refractivity contribution in [1.82, 2.24) is 4.98 Å². The molecule has 15 heavy (non-hydrogen) atoms. The van der Waals surface area contributed by atoms with Crippen LogP contribution >= 0.6 is 0 Å². The molecule has 0 saturated carbocycles. The molecule has 0 fully saturated rings. The van der Waals surface area contributed by atoms with E-state index in [0.29, 0.717) is 5.82 Å². The number of anilines is 1. The zero-order chi connectivity index (χ0) is 11.3. The first-order valence-corrected chi connectivity index (χ1v) is 4.23. The molecule has 1 heterocycles. The predicted octanol–water partition coefficient (Wildman–Crippen LogP) is 0.969. The van der Waals surface area contributed by atoms with E-state index in [9.17, 15) is 9.59 Å². The Morgan fingerprint density at radius 3 is 2.73 bits per heavy atom. The molecule has 2 N–H and O–H groups in total. The minimum Gasteiger partial charge on any atom is -0.478 e. The standard InChI is InChI=1S/C10H10N2O3/c1-7-3-2-4-8(11-7)12-9(13)5-6-10(14)15/h2-6H,1H3,(H,14,15)(H,11,12,13)/b6-5+. The highest BCUT2D eigenvalue weighted by molar-refractivity contribution is 6.01. The number of hydrogen-bond donors (Lipinski definition) is 2. The van der Waals surface area contributed by atoms with Crippen molar-refractivity contribution in [3.05, 3.63) is 36.0 Å². The van der Waals surface area contributed by atoms with Gasteiger partial charge in [-0.2, -0.15) is 0 Å². The van der Waals surface area contributed by atoms with Crippen molar-refractivity contribution in [2.75, 3.05) is 5.32 Å². The van der Waals surface area contributed by atoms with Gasteiger partial charge in [-0.3, -0.25) is 4.79 Å². The Kier molecular flexibility index (Phi) is 3.56. The van der Waals surface area contributed by atoms with Gasteiger partial charge in [-0.25, -0.2) is 9.78 Å². The fourth-order valence-electron chi connectivity index (χ4n) is 0.928. The summed E-state index contributed by atoms with van der Waals surface area (Å²) in [5, 5.41) is 10.7. The van der Waals surface area contributed by atoms with Gasteiger partial charge in [0, 0.05) is 17.8 Å². The number of pyridine rings is 1. The molecule has 0 radical (unpaired) electrons. The maximum Gasteiger partial charge on any atom is 0.328 e. The third kappa shape index (κ3) is 4.04. The zero-order valence-electron chi connectivity index (χ0n) is 8.10. The highest BCUT2D eigenvalue weighted by Gasteiger charge is 1.99. The van der Waals surface area contributed by atoms with E-state index in [0.717, 1.165) is 17.8 Å². The van der Waals surface area contributed by atoms with Crippen molar-refractivity contribution in [2.45, 2.75) is 6.92 Å². The first kappa shape index (κ1) is 10.9. The lowest BCUT2D eigenvalue weighted by atomic mass is 10.3. The summed E-state index contributed by atoms with van der Waals surface area (Å²) >= 11 is 0. The number of carbonyl (C=O) groups is 2. The predicted molar refractivity (Wildman–Crippen MR) is 54.4 cm³/mol. The van der Waals surface area contributed by atoms with Crippen LogP contribution in [-0.4, -0.2) is 22.0 Å². The molecule has 5 nitrogen and oxygen atoms in total. The Balaban J connectivity index is 2.63. The SMILES string of the molecule is Cc1cccc(NC(=O)/C=C/C(=O)O)n1. The number of nitrogens with one attached hydrogen (secondary N) is 1. The molecule has 0 bridgehead atoms. The summed E-state index contributed by atoms with van der Waals surface area (Å²) in [6, 6.07) is 5.17. The van der Waals surface area contributed by atoms with Crippen molar-refractivity contribution in [3.8, 4) is 0 Å². The van der Waals surface area contributed by atoms with E-state index < -0.39 is 11.9 Å². The van der Waals surface area contributed by atoms with Crippen LogP contribution in [0.3, 0.4) is 0 Å². The molecular formula is C10H10N2O3. The number of amides is 1. The molecule has 1 aromatic heterocycles. The van der Waals surface area contributed by atoms with Crippen LogP contribution < -0.4 is 5.32 Å². The number of carboxylic acid groups (broad SMARTS) is 1. The van der Waals surface area contributed by atoms with Crippen LogP contribution in [0.2, 0.25) is 0 Å². The Morgan fingerprint density at radius 1 is 1.40 bits per heavy atom. The maximum atomic E-state index is 11.1. The molecule has 1 aromatic rings. The zero-order valence-corrected chi connectivity index (χ0v) is 8.10. The van der Waals surface area contributed by atoms with Gasteiger partial charge in [0.05, 0.1) is 0 Å². The first-order chi connectivity index (χ1) is 7.08. The molecule has 0 saturated heterocycles. The second-order valence-electron chi connectivity index (χ2n) is 2.83. The van der Waals surface area contributed by atoms with Gasteiger partial charge in [-0.1, -0.05) is 6.07 Å². The summed E-state index contributed by atoms with van der Waals surface area (Å²) in [7, 11) is 0. The van der Waals surface area contributed by atoms with E-state index in [4.69, 9.17) is 5.11 Å². The molecule has 0 spiro atoms. The second kappa shape index (κ2) is 4.90. The van der Waals surface area contributed by atoms with E-state index in [1.807, 2.05) is 0 Å². The Bertz CT molecular complexity index is 413. The van der Waals surface area contributed by atoms with Crippen molar-refractivity contribution in [2.24, 2.45) is 0 Å². The molecular weight excluding hydrogens is 196 g/mol. The Labute approximate surface area is 86.5 Å². The average Bonchev–Trinajstić information content (AvgIpc) is 2.15. The third-order valence-corrected chi connectivity index (χ3v) is 1.52. The van der Waals surface area contributed by atoms with Crippen LogP contribution in [0.25, 0.3) is 0 Å². The van der Waals surface area contributed by atoms with Gasteiger partial charge in [-0.05, 0) is 19.1 Å². The molecule has 0 unspecified atom stereocenters. The number of hydrogen-bond acceptors (Lipinski definition) is 3. The largest absolute Gasteiger partial charge is 0.478 e. The molecule has 1 rings (SSSR count). The number of nitrogens with zero attached hydrogens (tertiary/aromatic N) is 1. The quantitative estimate of drug-likeness (QED) is 0.722. The maximum absolute atomic E-state index is 11.1. The molecule has 0 aliphatic carbocycles. The topological polar surface area (TPSA) is 79.3 Å². The lowest BCUT2D eigenvalue weighted by molar-refractivity contribution is -0.131. The summed E-state index contributed by atoms with van der Waals surface area (Å²) in [5.41, 5.74) is 0.773. The number of aliphatic carboxylic acids is 1. The Hall–Kier alpha value is -2.17. The van der Waals surface area contributed by atoms with E-state index >= 15 is 0 Å². The van der Waals surface area contributed by atoms with Crippen LogP contribution in [0.1, 0.15) is 5.69 Å². The summed E-state index contributed by atoms with van der Waals surface area (Å²) in [6.45, 7) is 1.79. The fourth-order valence-corrected chi connectivity index (χ4v) is 0.928. The van der Waals surface area contributed by atoms with Crippen molar-refractivity contribution in [3.63, 3.8) is 0 Å². The smallest absolute Gasteiger partial charge is 0.328 e. The van der Waals surface area contributed by atoms with Gasteiger partial charge in [-0.15, -0.1) is 0 Å². The highest BCUT2D eigenvalue weighted by atomic mass is 16.4. The second-order valence-corrected chi connectivity index (χ2v) is 2.83. The van der Waals surface area contributed by atoms with E-state index in [2.05, 4.69) is 10.3 Å². The van der Waals surface area contributed by atoms with E-state index in [-0.39, 0.29) is 0 Å². The van der Waals surface area contributed by atoms with Gasteiger partial charge in [0.25, 0.3) is 0 Å². The van der Waals surface area contributed by atoms with Crippen LogP contribution in [0.5, 0.6) is 0 Å². The number of aromatic nitrogens is 1. The highest BCUT2D eigenvalue weighted by Crippen LogP contribution is 2.03. The number of carbonyl (C=O) groups excluding carboxylic acids is 1. The first-order valence-electron chi connectivity index (χ1n) is 4.23. The molecule has 0 atom stereocenters. The summed E-state index contributed by atoms with van der Waals surface area (Å²) in [6.07, 6.45) is 1.71. The van der Waals surface area contributed by atoms with Crippen LogP contribution in [-0.2, 0) is 9.59 Å². The molecule has 0 aliphatic rings. The third-order valence-electron chi connectivity index (χ3n) is 1.52. The normalized spacial score (nSPS) is 10.2. The number of rotatable bonds is 3. The summed E-state index contributed by atoms with van der Waals surface area (Å²) in [4.78, 5) is 25.3. The molecule has 5 heteroatoms. The average molecular weight is 206 g/mol. The fraction of sp³-hybridized carbons (Fsp3) is 0.100. The summed E-state index contributed by atoms with van der Waals surface area (Å²) in [5.74, 6) is -1.28.